The van der Waals surface area contributed by atoms with Gasteiger partial charge in [0.15, 0.2) is 5.60 Å². The molecule has 3 nitrogen and oxygen atoms in total. The zero-order chi connectivity index (χ0) is 16.1. The van der Waals surface area contributed by atoms with E-state index in [4.69, 9.17) is 4.74 Å². The molecule has 2 aliphatic rings. The Morgan fingerprint density at radius 3 is 2.48 bits per heavy atom. The molecule has 0 amide bonds. The van der Waals surface area contributed by atoms with Crippen molar-refractivity contribution in [2.24, 2.45) is 17.8 Å². The first-order valence-electron chi connectivity index (χ1n) is 7.16. The second-order valence-electron chi connectivity index (χ2n) is 6.46. The molecule has 0 aromatic carbocycles. The number of halogens is 4. The van der Waals surface area contributed by atoms with E-state index in [2.05, 4.69) is 0 Å². The second-order valence-corrected chi connectivity index (χ2v) is 8.84. The number of hydrogen-bond donors (Lipinski definition) is 1. The summed E-state index contributed by atoms with van der Waals surface area (Å²) in [6, 6.07) is 0. The van der Waals surface area contributed by atoms with E-state index in [1.165, 1.54) is 0 Å². The molecule has 0 saturated heterocycles. The number of carbonyl (C=O) groups is 1. The van der Waals surface area contributed by atoms with E-state index in [1.807, 2.05) is 29.5 Å². The molecule has 0 heterocycles. The lowest BCUT2D eigenvalue weighted by atomic mass is 9.78. The van der Waals surface area contributed by atoms with E-state index in [0.717, 1.165) is 0 Å². The molecule has 0 spiro atoms. The fraction of sp³-hybridized carbons (Fsp3) is 0.929. The molecule has 0 aromatic rings. The first kappa shape index (κ1) is 17.3. The monoisotopic (exact) mass is 420 g/mol. The van der Waals surface area contributed by atoms with Crippen LogP contribution in [-0.2, 0) is 9.53 Å². The van der Waals surface area contributed by atoms with Crippen molar-refractivity contribution in [3.8, 4) is 0 Å². The van der Waals surface area contributed by atoms with Crippen LogP contribution in [0.2, 0.25) is 0 Å². The van der Waals surface area contributed by atoms with Gasteiger partial charge in [0.25, 0.3) is 0 Å². The molecule has 0 aromatic heterocycles. The lowest BCUT2D eigenvalue weighted by Gasteiger charge is -2.37. The number of fused-ring (bicyclic) bond motifs is 2. The summed E-state index contributed by atoms with van der Waals surface area (Å²) in [4.78, 5) is 11.9. The number of carbonyl (C=O) groups excluding carboxylic acids is 1. The molecule has 5 unspecified atom stereocenters. The van der Waals surface area contributed by atoms with Gasteiger partial charge >= 0.3 is 12.1 Å². The normalized spacial score (nSPS) is 38.3. The zero-order valence-corrected chi connectivity index (χ0v) is 14.2. The maximum absolute atomic E-state index is 12.9. The Labute approximate surface area is 135 Å². The molecule has 21 heavy (non-hydrogen) atoms. The molecule has 7 heteroatoms. The number of ether oxygens (including phenoxy) is 1. The lowest BCUT2D eigenvalue weighted by molar-refractivity contribution is -0.279. The van der Waals surface area contributed by atoms with Crippen molar-refractivity contribution >= 4 is 28.6 Å². The summed E-state index contributed by atoms with van der Waals surface area (Å²) >= 11 is 2.03. The van der Waals surface area contributed by atoms with Gasteiger partial charge in [0.05, 0.1) is 6.61 Å². The molecule has 2 aliphatic carbocycles. The van der Waals surface area contributed by atoms with Gasteiger partial charge in [-0.1, -0.05) is 29.5 Å². The maximum atomic E-state index is 12.9. The summed E-state index contributed by atoms with van der Waals surface area (Å²) in [6.45, 7) is 3.82. The third-order valence-electron chi connectivity index (χ3n) is 5.10. The molecular weight excluding hydrogens is 400 g/mol. The fourth-order valence-electron chi connectivity index (χ4n) is 3.45. The van der Waals surface area contributed by atoms with Crippen molar-refractivity contribution in [3.63, 3.8) is 0 Å². The van der Waals surface area contributed by atoms with Gasteiger partial charge in [0, 0.05) is 0 Å². The van der Waals surface area contributed by atoms with E-state index >= 15 is 0 Å². The van der Waals surface area contributed by atoms with Crippen molar-refractivity contribution in [3.05, 3.63) is 0 Å². The van der Waals surface area contributed by atoms with Crippen LogP contribution in [0.25, 0.3) is 0 Å². The average molecular weight is 420 g/mol. The van der Waals surface area contributed by atoms with Crippen molar-refractivity contribution < 1.29 is 27.8 Å². The van der Waals surface area contributed by atoms with Crippen LogP contribution >= 0.6 is 22.6 Å². The number of esters is 1. The minimum Gasteiger partial charge on any atom is -0.464 e. The van der Waals surface area contributed by atoms with Gasteiger partial charge in [-0.2, -0.15) is 13.2 Å². The van der Waals surface area contributed by atoms with Gasteiger partial charge in [-0.05, 0) is 50.4 Å². The summed E-state index contributed by atoms with van der Waals surface area (Å²) < 4.78 is 43.4. The fourth-order valence-corrected chi connectivity index (χ4v) is 3.60. The lowest BCUT2D eigenvalue weighted by Crippen LogP contribution is -2.50. The minimum atomic E-state index is -4.57. The van der Waals surface area contributed by atoms with E-state index < -0.39 is 21.1 Å². The van der Waals surface area contributed by atoms with Crippen LogP contribution < -0.4 is 0 Å². The predicted molar refractivity (Wildman–Crippen MR) is 79.0 cm³/mol. The number of aliphatic hydroxyl groups is 1. The molecular formula is C14H20F3IO3. The third kappa shape index (κ3) is 3.04. The van der Waals surface area contributed by atoms with E-state index in [9.17, 15) is 23.1 Å². The highest BCUT2D eigenvalue weighted by Gasteiger charge is 2.66. The Morgan fingerprint density at radius 2 is 2.05 bits per heavy atom. The van der Waals surface area contributed by atoms with Gasteiger partial charge in [-0.25, -0.2) is 0 Å². The smallest absolute Gasteiger partial charge is 0.417 e. The predicted octanol–water partition coefficient (Wildman–Crippen LogP) is 3.47. The molecule has 2 bridgehead atoms. The van der Waals surface area contributed by atoms with Crippen LogP contribution in [0.1, 0.15) is 39.5 Å². The minimum absolute atomic E-state index is 0.0642. The highest BCUT2D eigenvalue weighted by molar-refractivity contribution is 14.1. The molecule has 2 fully saturated rings. The quantitative estimate of drug-likeness (QED) is 0.431. The summed E-state index contributed by atoms with van der Waals surface area (Å²) in [6.07, 6.45) is -3.56. The standard InChI is InChI=1S/C14H20F3IO3/c1-3-12(2,18)11(19)21-7-9-5-10-4-8(9)6-13(10,20)14(15,16)17/h8-10,20H,3-7H2,1-2H3. The van der Waals surface area contributed by atoms with Crippen LogP contribution in [0.3, 0.4) is 0 Å². The Balaban J connectivity index is 1.91. The Kier molecular flexibility index (Phi) is 4.57. The van der Waals surface area contributed by atoms with Gasteiger partial charge in [-0.3, -0.25) is 4.79 Å². The first-order chi connectivity index (χ1) is 9.51. The van der Waals surface area contributed by atoms with E-state index in [1.54, 1.807) is 6.92 Å². The molecule has 122 valence electrons. The SMILES string of the molecule is CCC(C)(I)C(=O)OCC1CC2CC1CC2(O)C(F)(F)F. The molecule has 2 rings (SSSR count). The van der Waals surface area contributed by atoms with Gasteiger partial charge in [-0.15, -0.1) is 0 Å². The molecule has 1 N–H and O–H groups in total. The average Bonchev–Trinajstić information content (AvgIpc) is 2.92. The second kappa shape index (κ2) is 5.54. The first-order valence-corrected chi connectivity index (χ1v) is 8.24. The topological polar surface area (TPSA) is 46.5 Å². The van der Waals surface area contributed by atoms with Crippen molar-refractivity contribution in [1.82, 2.24) is 0 Å². The van der Waals surface area contributed by atoms with Crippen molar-refractivity contribution in [2.75, 3.05) is 6.61 Å². The Bertz CT molecular complexity index is 424. The Hall–Kier alpha value is -0.0500. The maximum Gasteiger partial charge on any atom is 0.417 e. The largest absolute Gasteiger partial charge is 0.464 e. The van der Waals surface area contributed by atoms with Crippen LogP contribution in [0.15, 0.2) is 0 Å². The van der Waals surface area contributed by atoms with Gasteiger partial charge < -0.3 is 9.84 Å². The van der Waals surface area contributed by atoms with Crippen molar-refractivity contribution in [1.29, 1.82) is 0 Å². The van der Waals surface area contributed by atoms with Gasteiger partial charge in [0.2, 0.25) is 0 Å². The highest BCUT2D eigenvalue weighted by atomic mass is 127. The zero-order valence-electron chi connectivity index (χ0n) is 12.0. The molecule has 0 radical (unpaired) electrons. The number of hydrogen-bond acceptors (Lipinski definition) is 3. The van der Waals surface area contributed by atoms with E-state index in [-0.39, 0.29) is 37.3 Å². The number of rotatable bonds is 4. The molecule has 5 atom stereocenters. The summed E-state index contributed by atoms with van der Waals surface area (Å²) in [5.74, 6) is -1.36. The van der Waals surface area contributed by atoms with Crippen LogP contribution in [0, 0.1) is 17.8 Å². The molecule has 0 aliphatic heterocycles. The third-order valence-corrected chi connectivity index (χ3v) is 6.30. The summed E-state index contributed by atoms with van der Waals surface area (Å²) in [5, 5.41) is 9.85. The van der Waals surface area contributed by atoms with Gasteiger partial charge in [0.1, 0.15) is 3.42 Å². The summed E-state index contributed by atoms with van der Waals surface area (Å²) in [7, 11) is 0. The van der Waals surface area contributed by atoms with E-state index in [0.29, 0.717) is 12.8 Å². The van der Waals surface area contributed by atoms with Crippen LogP contribution in [0.5, 0.6) is 0 Å². The number of alkyl halides is 4. The van der Waals surface area contributed by atoms with Crippen LogP contribution in [0.4, 0.5) is 13.2 Å². The molecule has 2 saturated carbocycles. The summed E-state index contributed by atoms with van der Waals surface area (Å²) in [5.41, 5.74) is -2.54. The highest BCUT2D eigenvalue weighted by Crippen LogP contribution is 2.59. The Morgan fingerprint density at radius 1 is 1.43 bits per heavy atom. The van der Waals surface area contributed by atoms with Crippen molar-refractivity contribution in [2.45, 2.75) is 54.7 Å². The van der Waals surface area contributed by atoms with Crippen LogP contribution in [-0.4, -0.2) is 32.9 Å².